The Morgan fingerprint density at radius 2 is 2.15 bits per heavy atom. The summed E-state index contributed by atoms with van der Waals surface area (Å²) in [4.78, 5) is 14.6. The van der Waals surface area contributed by atoms with E-state index in [0.717, 1.165) is 31.1 Å². The number of carbonyl (C=O) groups excluding carboxylic acids is 1. The molecule has 1 heterocycles. The molecular formula is C16H25N3O. The fourth-order valence-electron chi connectivity index (χ4n) is 2.68. The Morgan fingerprint density at radius 3 is 2.80 bits per heavy atom. The summed E-state index contributed by atoms with van der Waals surface area (Å²) in [5.41, 5.74) is 7.15. The minimum atomic E-state index is -0.105. The smallest absolute Gasteiger partial charge is 0.241 e. The Kier molecular flexibility index (Phi) is 4.65. The van der Waals surface area contributed by atoms with Crippen molar-refractivity contribution < 1.29 is 4.79 Å². The van der Waals surface area contributed by atoms with E-state index in [-0.39, 0.29) is 11.9 Å². The van der Waals surface area contributed by atoms with Gasteiger partial charge >= 0.3 is 0 Å². The number of likely N-dealkylation sites (tertiary alicyclic amines) is 1. The van der Waals surface area contributed by atoms with Crippen LogP contribution in [0.3, 0.4) is 0 Å². The number of carbonyl (C=O) groups is 1. The molecule has 1 saturated heterocycles. The number of nitrogens with one attached hydrogen (secondary N) is 1. The molecule has 0 saturated carbocycles. The highest BCUT2D eigenvalue weighted by Gasteiger charge is 2.28. The minimum Gasteiger partial charge on any atom is -0.399 e. The molecule has 1 aliphatic rings. The first kappa shape index (κ1) is 14.9. The van der Waals surface area contributed by atoms with Gasteiger partial charge in [-0.1, -0.05) is 19.9 Å². The average Bonchev–Trinajstić information content (AvgIpc) is 2.41. The van der Waals surface area contributed by atoms with E-state index in [9.17, 15) is 4.79 Å². The molecule has 3 unspecified atom stereocenters. The van der Waals surface area contributed by atoms with Gasteiger partial charge in [-0.05, 0) is 49.9 Å². The van der Waals surface area contributed by atoms with Crippen LogP contribution in [-0.2, 0) is 4.79 Å². The number of nitrogen functional groups attached to an aromatic ring is 1. The van der Waals surface area contributed by atoms with E-state index in [1.807, 2.05) is 25.1 Å². The van der Waals surface area contributed by atoms with Crippen LogP contribution in [0.2, 0.25) is 0 Å². The van der Waals surface area contributed by atoms with Crippen molar-refractivity contribution in [3.63, 3.8) is 0 Å². The number of hydrogen-bond acceptors (Lipinski definition) is 3. The molecule has 0 aromatic heterocycles. The Hall–Kier alpha value is -1.55. The van der Waals surface area contributed by atoms with Gasteiger partial charge in [0.15, 0.2) is 0 Å². The molecule has 1 fully saturated rings. The van der Waals surface area contributed by atoms with Crippen LogP contribution in [0.1, 0.15) is 27.2 Å². The Bertz CT molecular complexity index is 475. The van der Waals surface area contributed by atoms with Crippen LogP contribution in [0.25, 0.3) is 0 Å². The van der Waals surface area contributed by atoms with Gasteiger partial charge in [0.1, 0.15) is 0 Å². The van der Waals surface area contributed by atoms with Gasteiger partial charge < -0.3 is 11.1 Å². The molecule has 1 amide bonds. The summed E-state index contributed by atoms with van der Waals surface area (Å²) in [6.07, 6.45) is 1.16. The Balaban J connectivity index is 1.95. The zero-order chi connectivity index (χ0) is 14.7. The van der Waals surface area contributed by atoms with Gasteiger partial charge in [-0.3, -0.25) is 9.69 Å². The second kappa shape index (κ2) is 6.27. The summed E-state index contributed by atoms with van der Waals surface area (Å²) in [6, 6.07) is 7.20. The third-order valence-corrected chi connectivity index (χ3v) is 4.45. The highest BCUT2D eigenvalue weighted by molar-refractivity contribution is 5.94. The normalized spacial score (nSPS) is 25.1. The van der Waals surface area contributed by atoms with Crippen molar-refractivity contribution in [3.8, 4) is 0 Å². The highest BCUT2D eigenvalue weighted by atomic mass is 16.2. The second-order valence-electron chi connectivity index (χ2n) is 6.03. The van der Waals surface area contributed by atoms with Crippen LogP contribution in [0.15, 0.2) is 24.3 Å². The number of nitrogens with zero attached hydrogens (tertiary/aromatic N) is 1. The number of amides is 1. The van der Waals surface area contributed by atoms with Crippen molar-refractivity contribution in [2.45, 2.75) is 33.2 Å². The van der Waals surface area contributed by atoms with E-state index >= 15 is 0 Å². The molecule has 0 bridgehead atoms. The largest absolute Gasteiger partial charge is 0.399 e. The maximum absolute atomic E-state index is 12.3. The standard InChI is InChI=1S/C16H25N3O/c1-11-7-8-19(10-12(11)2)13(3)16(20)18-15-6-4-5-14(17)9-15/h4-6,9,11-13H,7-8,10,17H2,1-3H3,(H,18,20). The molecule has 4 nitrogen and oxygen atoms in total. The van der Waals surface area contributed by atoms with E-state index in [0.29, 0.717) is 11.6 Å². The summed E-state index contributed by atoms with van der Waals surface area (Å²) in [5, 5.41) is 2.95. The van der Waals surface area contributed by atoms with Crippen LogP contribution in [0.4, 0.5) is 11.4 Å². The lowest BCUT2D eigenvalue weighted by Gasteiger charge is -2.38. The van der Waals surface area contributed by atoms with E-state index in [1.54, 1.807) is 6.07 Å². The number of hydrogen-bond donors (Lipinski definition) is 2. The molecule has 1 aromatic carbocycles. The zero-order valence-electron chi connectivity index (χ0n) is 12.6. The van der Waals surface area contributed by atoms with Crippen molar-refractivity contribution in [2.75, 3.05) is 24.1 Å². The van der Waals surface area contributed by atoms with Crippen LogP contribution >= 0.6 is 0 Å². The average molecular weight is 275 g/mol. The Labute approximate surface area is 121 Å². The maximum Gasteiger partial charge on any atom is 0.241 e. The van der Waals surface area contributed by atoms with E-state index in [4.69, 9.17) is 5.73 Å². The lowest BCUT2D eigenvalue weighted by Crippen LogP contribution is -2.48. The first-order chi connectivity index (χ1) is 9.47. The van der Waals surface area contributed by atoms with Crippen LogP contribution < -0.4 is 11.1 Å². The van der Waals surface area contributed by atoms with Crippen molar-refractivity contribution in [3.05, 3.63) is 24.3 Å². The summed E-state index contributed by atoms with van der Waals surface area (Å²) < 4.78 is 0. The molecule has 110 valence electrons. The topological polar surface area (TPSA) is 58.4 Å². The van der Waals surface area contributed by atoms with Gasteiger partial charge in [0, 0.05) is 17.9 Å². The summed E-state index contributed by atoms with van der Waals surface area (Å²) in [6.45, 7) is 8.52. The first-order valence-electron chi connectivity index (χ1n) is 7.38. The zero-order valence-corrected chi connectivity index (χ0v) is 12.6. The summed E-state index contributed by atoms with van der Waals surface area (Å²) in [5.74, 6) is 1.43. The lowest BCUT2D eigenvalue weighted by molar-refractivity contribution is -0.121. The van der Waals surface area contributed by atoms with Gasteiger partial charge in [0.25, 0.3) is 0 Å². The quantitative estimate of drug-likeness (QED) is 0.834. The van der Waals surface area contributed by atoms with Crippen LogP contribution in [0, 0.1) is 11.8 Å². The molecule has 1 aliphatic heterocycles. The number of anilines is 2. The summed E-state index contributed by atoms with van der Waals surface area (Å²) >= 11 is 0. The van der Waals surface area contributed by atoms with Gasteiger partial charge in [0.05, 0.1) is 6.04 Å². The van der Waals surface area contributed by atoms with Crippen molar-refractivity contribution in [1.29, 1.82) is 0 Å². The fourth-order valence-corrected chi connectivity index (χ4v) is 2.68. The highest BCUT2D eigenvalue weighted by Crippen LogP contribution is 2.24. The summed E-state index contributed by atoms with van der Waals surface area (Å²) in [7, 11) is 0. The van der Waals surface area contributed by atoms with E-state index in [2.05, 4.69) is 24.1 Å². The van der Waals surface area contributed by atoms with Crippen molar-refractivity contribution in [1.82, 2.24) is 4.90 Å². The fraction of sp³-hybridized carbons (Fsp3) is 0.562. The molecule has 3 atom stereocenters. The number of nitrogens with two attached hydrogens (primary N) is 1. The molecule has 0 spiro atoms. The molecule has 3 N–H and O–H groups in total. The monoisotopic (exact) mass is 275 g/mol. The molecule has 0 aliphatic carbocycles. The molecular weight excluding hydrogens is 250 g/mol. The van der Waals surface area contributed by atoms with Crippen LogP contribution in [-0.4, -0.2) is 29.9 Å². The number of rotatable bonds is 3. The van der Waals surface area contributed by atoms with E-state index < -0.39 is 0 Å². The molecule has 20 heavy (non-hydrogen) atoms. The third kappa shape index (κ3) is 3.51. The molecule has 4 heteroatoms. The van der Waals surface area contributed by atoms with Gasteiger partial charge in [-0.15, -0.1) is 0 Å². The van der Waals surface area contributed by atoms with Gasteiger partial charge in [-0.25, -0.2) is 0 Å². The lowest BCUT2D eigenvalue weighted by atomic mass is 9.88. The number of benzene rings is 1. The van der Waals surface area contributed by atoms with Gasteiger partial charge in [-0.2, -0.15) is 0 Å². The Morgan fingerprint density at radius 1 is 1.40 bits per heavy atom. The SMILES string of the molecule is CC1CCN(C(C)C(=O)Nc2cccc(N)c2)CC1C. The maximum atomic E-state index is 12.3. The van der Waals surface area contributed by atoms with E-state index in [1.165, 1.54) is 0 Å². The van der Waals surface area contributed by atoms with Gasteiger partial charge in [0.2, 0.25) is 5.91 Å². The predicted octanol–water partition coefficient (Wildman–Crippen LogP) is 2.57. The predicted molar refractivity (Wildman–Crippen MR) is 83.5 cm³/mol. The van der Waals surface area contributed by atoms with Crippen molar-refractivity contribution >= 4 is 17.3 Å². The minimum absolute atomic E-state index is 0.0392. The number of piperidine rings is 1. The first-order valence-corrected chi connectivity index (χ1v) is 7.38. The molecule has 1 aromatic rings. The molecule has 0 radical (unpaired) electrons. The van der Waals surface area contributed by atoms with Crippen molar-refractivity contribution in [2.24, 2.45) is 11.8 Å². The second-order valence-corrected chi connectivity index (χ2v) is 6.03. The van der Waals surface area contributed by atoms with Crippen LogP contribution in [0.5, 0.6) is 0 Å². The molecule has 2 rings (SSSR count). The third-order valence-electron chi connectivity index (χ3n) is 4.45.